The van der Waals surface area contributed by atoms with Crippen LogP contribution in [0, 0.1) is 0 Å². The van der Waals surface area contributed by atoms with E-state index in [0.717, 1.165) is 6.42 Å². The molecule has 1 unspecified atom stereocenters. The van der Waals surface area contributed by atoms with Gasteiger partial charge in [0.1, 0.15) is 5.75 Å². The van der Waals surface area contributed by atoms with E-state index in [-0.39, 0.29) is 17.0 Å². The van der Waals surface area contributed by atoms with Crippen LogP contribution in [0.5, 0.6) is 5.75 Å². The number of phenolic OH excluding ortho intramolecular Hbond substituents is 1. The molecule has 0 amide bonds. The summed E-state index contributed by atoms with van der Waals surface area (Å²) in [6.45, 7) is 2.29. The molecule has 1 rings (SSSR count). The molecule has 0 fully saturated rings. The van der Waals surface area contributed by atoms with Crippen molar-refractivity contribution in [2.75, 3.05) is 0 Å². The van der Waals surface area contributed by atoms with Crippen LogP contribution in [-0.4, -0.2) is 5.11 Å². The minimum Gasteiger partial charge on any atom is -0.508 e. The van der Waals surface area contributed by atoms with Gasteiger partial charge < -0.3 is 5.11 Å². The second-order valence-electron chi connectivity index (χ2n) is 8.20. The van der Waals surface area contributed by atoms with Gasteiger partial charge in [0.15, 0.2) is 0 Å². The number of hydrogen-bond acceptors (Lipinski definition) is 2. The molecule has 0 aromatic heterocycles. The topological polar surface area (TPSA) is 20.2 Å². The van der Waals surface area contributed by atoms with Crippen molar-refractivity contribution >= 4 is 29.6 Å². The summed E-state index contributed by atoms with van der Waals surface area (Å²) in [6, 6.07) is 7.48. The Morgan fingerprint density at radius 1 is 0.643 bits per heavy atom. The molecule has 0 aliphatic rings. The van der Waals surface area contributed by atoms with Gasteiger partial charge in [-0.3, -0.25) is 0 Å². The first-order chi connectivity index (χ1) is 13.2. The molecule has 28 heavy (non-hydrogen) atoms. The lowest BCUT2D eigenvalue weighted by Crippen LogP contribution is -1.91. The maximum atomic E-state index is 9.34. The van der Waals surface area contributed by atoms with Crippen LogP contribution in [0.4, 0.5) is 0 Å². The van der Waals surface area contributed by atoms with Gasteiger partial charge in [-0.1, -0.05) is 122 Å². The molecular weight excluding hydrogens is 428 g/mol. The maximum Gasteiger partial charge on any atom is 0.115 e. The van der Waals surface area contributed by atoms with E-state index in [2.05, 4.69) is 6.92 Å². The monoisotopic (exact) mass is 472 g/mol. The number of halogens is 1. The number of hydrogen-bond donors (Lipinski definition) is 2. The number of aromatic hydroxyl groups is 1. The first-order valence-corrected chi connectivity index (χ1v) is 12.2. The standard InChI is InChI=1S/C25H44OS.BrH/c1-2-3-4-5-6-7-8-9-10-11-12-13-14-15-16-17-18-25(27)23-19-21-24(26)22-20-23;/h19-22,25-27H,2-18H2,1H3;1H. The summed E-state index contributed by atoms with van der Waals surface area (Å²) in [5.41, 5.74) is 1.22. The number of rotatable bonds is 18. The van der Waals surface area contributed by atoms with Crippen molar-refractivity contribution in [3.05, 3.63) is 29.8 Å². The molecule has 1 aromatic rings. The van der Waals surface area contributed by atoms with Crippen LogP contribution in [0.25, 0.3) is 0 Å². The minimum absolute atomic E-state index is 0. The van der Waals surface area contributed by atoms with Crippen LogP contribution in [0.2, 0.25) is 0 Å². The highest BCUT2D eigenvalue weighted by atomic mass is 79.9. The summed E-state index contributed by atoms with van der Waals surface area (Å²) in [7, 11) is 0. The Bertz CT molecular complexity index is 435. The van der Waals surface area contributed by atoms with Crippen molar-refractivity contribution < 1.29 is 5.11 Å². The predicted molar refractivity (Wildman–Crippen MR) is 134 cm³/mol. The lowest BCUT2D eigenvalue weighted by atomic mass is 10.0. The van der Waals surface area contributed by atoms with Gasteiger partial charge in [0.05, 0.1) is 0 Å². The molecule has 1 aromatic carbocycles. The molecule has 1 atom stereocenters. The fraction of sp³-hybridized carbons (Fsp3) is 0.760. The van der Waals surface area contributed by atoms with E-state index < -0.39 is 0 Å². The summed E-state index contributed by atoms with van der Waals surface area (Å²) in [5.74, 6) is 0.335. The molecule has 164 valence electrons. The zero-order chi connectivity index (χ0) is 19.6. The summed E-state index contributed by atoms with van der Waals surface area (Å²) in [4.78, 5) is 0. The average molecular weight is 474 g/mol. The van der Waals surface area contributed by atoms with Gasteiger partial charge in [-0.15, -0.1) is 17.0 Å². The molecule has 0 heterocycles. The van der Waals surface area contributed by atoms with Crippen LogP contribution in [0.1, 0.15) is 127 Å². The van der Waals surface area contributed by atoms with E-state index >= 15 is 0 Å². The van der Waals surface area contributed by atoms with Gasteiger partial charge in [-0.2, -0.15) is 12.6 Å². The highest BCUT2D eigenvalue weighted by Gasteiger charge is 2.05. The van der Waals surface area contributed by atoms with Crippen molar-refractivity contribution in [3.8, 4) is 5.75 Å². The Morgan fingerprint density at radius 2 is 1.00 bits per heavy atom. The van der Waals surface area contributed by atoms with Crippen LogP contribution in [-0.2, 0) is 0 Å². The Balaban J connectivity index is 0.00000729. The lowest BCUT2D eigenvalue weighted by Gasteiger charge is -2.11. The van der Waals surface area contributed by atoms with Gasteiger partial charge in [-0.25, -0.2) is 0 Å². The van der Waals surface area contributed by atoms with E-state index in [9.17, 15) is 5.11 Å². The summed E-state index contributed by atoms with van der Waals surface area (Å²) in [5, 5.41) is 9.64. The van der Waals surface area contributed by atoms with Gasteiger partial charge in [0.25, 0.3) is 0 Å². The van der Waals surface area contributed by atoms with Crippen LogP contribution >= 0.6 is 29.6 Å². The summed E-state index contributed by atoms with van der Waals surface area (Å²) in [6.07, 6.45) is 23.7. The van der Waals surface area contributed by atoms with Gasteiger partial charge in [0.2, 0.25) is 0 Å². The highest BCUT2D eigenvalue weighted by Crippen LogP contribution is 2.27. The molecule has 1 nitrogen and oxygen atoms in total. The predicted octanol–water partition coefficient (Wildman–Crippen LogP) is 9.59. The van der Waals surface area contributed by atoms with Gasteiger partial charge in [-0.05, 0) is 24.1 Å². The van der Waals surface area contributed by atoms with Gasteiger partial charge in [0, 0.05) is 5.25 Å². The quantitative estimate of drug-likeness (QED) is 0.161. The highest BCUT2D eigenvalue weighted by molar-refractivity contribution is 8.93. The number of unbranched alkanes of at least 4 members (excludes halogenated alkanes) is 15. The van der Waals surface area contributed by atoms with E-state index in [1.807, 2.05) is 12.1 Å². The first-order valence-electron chi connectivity index (χ1n) is 11.7. The summed E-state index contributed by atoms with van der Waals surface area (Å²) >= 11 is 4.70. The normalized spacial score (nSPS) is 11.9. The second-order valence-corrected chi connectivity index (χ2v) is 8.82. The molecule has 0 bridgehead atoms. The third-order valence-corrected chi connectivity index (χ3v) is 6.17. The SMILES string of the molecule is Br.CCCCCCCCCCCCCCCCCCC(S)c1ccc(O)cc1. The smallest absolute Gasteiger partial charge is 0.115 e. The van der Waals surface area contributed by atoms with Crippen LogP contribution < -0.4 is 0 Å². The van der Waals surface area contributed by atoms with Crippen LogP contribution in [0.3, 0.4) is 0 Å². The molecule has 0 aliphatic heterocycles. The Hall–Kier alpha value is -0.150. The minimum atomic E-state index is 0. The van der Waals surface area contributed by atoms with E-state index in [4.69, 9.17) is 12.6 Å². The first kappa shape index (κ1) is 27.8. The third-order valence-electron chi connectivity index (χ3n) is 5.61. The lowest BCUT2D eigenvalue weighted by molar-refractivity contribution is 0.475. The zero-order valence-corrected chi connectivity index (χ0v) is 20.8. The molecule has 0 radical (unpaired) electrons. The average Bonchev–Trinajstić information content (AvgIpc) is 2.68. The molecule has 0 saturated carbocycles. The van der Waals surface area contributed by atoms with Crippen LogP contribution in [0.15, 0.2) is 24.3 Å². The van der Waals surface area contributed by atoms with Crippen molar-refractivity contribution in [1.82, 2.24) is 0 Å². The Labute approximate surface area is 191 Å². The molecule has 0 aliphatic carbocycles. The Kier molecular flexibility index (Phi) is 20.0. The van der Waals surface area contributed by atoms with E-state index in [1.54, 1.807) is 12.1 Å². The Morgan fingerprint density at radius 3 is 1.39 bits per heavy atom. The van der Waals surface area contributed by atoms with Crippen molar-refractivity contribution in [1.29, 1.82) is 0 Å². The molecular formula is C25H45BrOS. The second kappa shape index (κ2) is 20.1. The van der Waals surface area contributed by atoms with Gasteiger partial charge >= 0.3 is 0 Å². The van der Waals surface area contributed by atoms with E-state index in [0.29, 0.717) is 11.0 Å². The molecule has 0 spiro atoms. The third kappa shape index (κ3) is 15.7. The zero-order valence-electron chi connectivity index (χ0n) is 18.2. The molecule has 3 heteroatoms. The van der Waals surface area contributed by atoms with Crippen molar-refractivity contribution in [3.63, 3.8) is 0 Å². The largest absolute Gasteiger partial charge is 0.508 e. The maximum absolute atomic E-state index is 9.34. The fourth-order valence-electron chi connectivity index (χ4n) is 3.75. The number of thiol groups is 1. The molecule has 0 saturated heterocycles. The fourth-order valence-corrected chi connectivity index (χ4v) is 4.10. The van der Waals surface area contributed by atoms with Crippen molar-refractivity contribution in [2.45, 2.75) is 121 Å². The van der Waals surface area contributed by atoms with Crippen molar-refractivity contribution in [2.24, 2.45) is 0 Å². The number of phenols is 1. The van der Waals surface area contributed by atoms with E-state index in [1.165, 1.54) is 108 Å². The molecule has 1 N–H and O–H groups in total. The summed E-state index contributed by atoms with van der Waals surface area (Å²) < 4.78 is 0. The number of benzene rings is 1.